The standard InChI is InChI=1S/C14H21N2O/c1-11(2)13-7-5-6-12(8-13)9-15-10-14(17)16(3)4/h5-8,15H,9-10H2,1-4H3. The van der Waals surface area contributed by atoms with Crippen LogP contribution in [0.2, 0.25) is 0 Å². The number of rotatable bonds is 5. The predicted molar refractivity (Wildman–Crippen MR) is 70.5 cm³/mol. The highest BCUT2D eigenvalue weighted by atomic mass is 16.2. The summed E-state index contributed by atoms with van der Waals surface area (Å²) in [5.41, 5.74) is 2.46. The minimum Gasteiger partial charge on any atom is -0.348 e. The summed E-state index contributed by atoms with van der Waals surface area (Å²) in [6.45, 7) is 5.30. The molecule has 0 saturated heterocycles. The molecule has 1 N–H and O–H groups in total. The molecule has 0 spiro atoms. The van der Waals surface area contributed by atoms with Crippen LogP contribution in [0.1, 0.15) is 25.0 Å². The summed E-state index contributed by atoms with van der Waals surface area (Å²) in [6.07, 6.45) is 0. The summed E-state index contributed by atoms with van der Waals surface area (Å²) in [5, 5.41) is 3.15. The van der Waals surface area contributed by atoms with Crippen LogP contribution in [0.3, 0.4) is 0 Å². The molecule has 0 aliphatic rings. The number of hydrogen-bond donors (Lipinski definition) is 1. The van der Waals surface area contributed by atoms with Crippen LogP contribution in [0, 0.1) is 5.92 Å². The van der Waals surface area contributed by atoms with Gasteiger partial charge in [-0.25, -0.2) is 0 Å². The van der Waals surface area contributed by atoms with Crippen molar-refractivity contribution < 1.29 is 4.79 Å². The van der Waals surface area contributed by atoms with Crippen molar-refractivity contribution in [1.82, 2.24) is 10.2 Å². The fraction of sp³-hybridized carbons (Fsp3) is 0.429. The highest BCUT2D eigenvalue weighted by molar-refractivity contribution is 5.77. The molecule has 1 aromatic carbocycles. The average molecular weight is 233 g/mol. The molecule has 1 rings (SSSR count). The molecule has 1 amide bonds. The van der Waals surface area contributed by atoms with Gasteiger partial charge in [-0.1, -0.05) is 38.1 Å². The lowest BCUT2D eigenvalue weighted by molar-refractivity contribution is -0.127. The Labute approximate surface area is 104 Å². The Morgan fingerprint density at radius 3 is 2.59 bits per heavy atom. The van der Waals surface area contributed by atoms with Crippen molar-refractivity contribution in [1.29, 1.82) is 0 Å². The monoisotopic (exact) mass is 233 g/mol. The maximum atomic E-state index is 11.4. The van der Waals surface area contributed by atoms with E-state index in [1.165, 1.54) is 17.0 Å². The Bertz CT molecular complexity index is 372. The summed E-state index contributed by atoms with van der Waals surface area (Å²) in [7, 11) is 3.53. The minimum atomic E-state index is 0.0967. The topological polar surface area (TPSA) is 32.3 Å². The van der Waals surface area contributed by atoms with E-state index in [0.717, 1.165) is 6.54 Å². The van der Waals surface area contributed by atoms with Gasteiger partial charge in [0.25, 0.3) is 0 Å². The summed E-state index contributed by atoms with van der Waals surface area (Å²) < 4.78 is 0. The first-order valence-electron chi connectivity index (χ1n) is 5.81. The second kappa shape index (κ2) is 6.40. The summed E-state index contributed by atoms with van der Waals surface area (Å²) in [6, 6.07) is 8.37. The first-order chi connectivity index (χ1) is 8.00. The second-order valence-electron chi connectivity index (χ2n) is 4.59. The maximum absolute atomic E-state index is 11.4. The van der Waals surface area contributed by atoms with Crippen molar-refractivity contribution >= 4 is 5.91 Å². The highest BCUT2D eigenvalue weighted by Crippen LogP contribution is 2.14. The van der Waals surface area contributed by atoms with Crippen LogP contribution in [0.4, 0.5) is 0 Å². The zero-order valence-electron chi connectivity index (χ0n) is 11.1. The van der Waals surface area contributed by atoms with Crippen LogP contribution in [0.15, 0.2) is 24.3 Å². The van der Waals surface area contributed by atoms with E-state index in [1.807, 2.05) is 6.07 Å². The molecular formula is C14H21N2O. The van der Waals surface area contributed by atoms with E-state index in [2.05, 4.69) is 37.4 Å². The third kappa shape index (κ3) is 4.57. The Hall–Kier alpha value is -1.35. The molecule has 0 atom stereocenters. The summed E-state index contributed by atoms with van der Waals surface area (Å²) in [5.74, 6) is 1.40. The molecule has 17 heavy (non-hydrogen) atoms. The number of amides is 1. The van der Waals surface area contributed by atoms with Crippen LogP contribution in [-0.2, 0) is 11.3 Å². The Kier molecular flexibility index (Phi) is 5.16. The van der Waals surface area contributed by atoms with Gasteiger partial charge < -0.3 is 10.2 Å². The molecular weight excluding hydrogens is 212 g/mol. The molecule has 0 fully saturated rings. The quantitative estimate of drug-likeness (QED) is 0.841. The number of likely N-dealkylation sites (N-methyl/N-ethyl adjacent to an activating group) is 1. The van der Waals surface area contributed by atoms with Crippen molar-refractivity contribution in [2.75, 3.05) is 20.6 Å². The van der Waals surface area contributed by atoms with Crippen molar-refractivity contribution in [3.63, 3.8) is 0 Å². The van der Waals surface area contributed by atoms with E-state index in [1.54, 1.807) is 19.0 Å². The normalized spacial score (nSPS) is 10.6. The van der Waals surface area contributed by atoms with E-state index in [4.69, 9.17) is 0 Å². The van der Waals surface area contributed by atoms with E-state index < -0.39 is 0 Å². The van der Waals surface area contributed by atoms with Gasteiger partial charge in [0.15, 0.2) is 0 Å². The molecule has 0 aromatic heterocycles. The van der Waals surface area contributed by atoms with Gasteiger partial charge in [-0.2, -0.15) is 0 Å². The van der Waals surface area contributed by atoms with E-state index in [9.17, 15) is 4.79 Å². The SMILES string of the molecule is C[C](C)c1cccc(CNCC(=O)N(C)C)c1. The number of hydrogen-bond acceptors (Lipinski definition) is 2. The van der Waals surface area contributed by atoms with Crippen molar-refractivity contribution in [2.45, 2.75) is 20.4 Å². The van der Waals surface area contributed by atoms with Crippen molar-refractivity contribution in [2.24, 2.45) is 0 Å². The lowest BCUT2D eigenvalue weighted by Crippen LogP contribution is -2.32. The zero-order chi connectivity index (χ0) is 12.8. The molecule has 3 nitrogen and oxygen atoms in total. The van der Waals surface area contributed by atoms with E-state index in [-0.39, 0.29) is 5.91 Å². The smallest absolute Gasteiger partial charge is 0.236 e. The Morgan fingerprint density at radius 1 is 1.29 bits per heavy atom. The number of carbonyl (C=O) groups excluding carboxylic acids is 1. The molecule has 0 saturated carbocycles. The molecule has 0 unspecified atom stereocenters. The van der Waals surface area contributed by atoms with Crippen LogP contribution >= 0.6 is 0 Å². The van der Waals surface area contributed by atoms with Crippen molar-refractivity contribution in [3.8, 4) is 0 Å². The van der Waals surface area contributed by atoms with E-state index >= 15 is 0 Å². The highest BCUT2D eigenvalue weighted by Gasteiger charge is 2.04. The average Bonchev–Trinajstić information content (AvgIpc) is 2.29. The van der Waals surface area contributed by atoms with Gasteiger partial charge >= 0.3 is 0 Å². The van der Waals surface area contributed by atoms with Crippen LogP contribution in [0.5, 0.6) is 0 Å². The lowest BCUT2D eigenvalue weighted by Gasteiger charge is -2.12. The van der Waals surface area contributed by atoms with Gasteiger partial charge in [0.2, 0.25) is 5.91 Å². The maximum Gasteiger partial charge on any atom is 0.236 e. The number of carbonyl (C=O) groups is 1. The number of benzene rings is 1. The number of nitrogens with one attached hydrogen (secondary N) is 1. The Balaban J connectivity index is 2.47. The van der Waals surface area contributed by atoms with Gasteiger partial charge in [0, 0.05) is 20.6 Å². The summed E-state index contributed by atoms with van der Waals surface area (Å²) in [4.78, 5) is 13.0. The van der Waals surface area contributed by atoms with Crippen LogP contribution in [-0.4, -0.2) is 31.4 Å². The van der Waals surface area contributed by atoms with E-state index in [0.29, 0.717) is 6.54 Å². The van der Waals surface area contributed by atoms with Gasteiger partial charge in [-0.3, -0.25) is 4.79 Å². The van der Waals surface area contributed by atoms with Gasteiger partial charge in [0.05, 0.1) is 6.54 Å². The fourth-order valence-corrected chi connectivity index (χ4v) is 1.46. The third-order valence-electron chi connectivity index (χ3n) is 2.61. The molecule has 0 heterocycles. The molecule has 93 valence electrons. The van der Waals surface area contributed by atoms with Crippen LogP contribution < -0.4 is 5.32 Å². The van der Waals surface area contributed by atoms with Gasteiger partial charge in [0.1, 0.15) is 0 Å². The molecule has 0 aliphatic heterocycles. The second-order valence-corrected chi connectivity index (χ2v) is 4.59. The third-order valence-corrected chi connectivity index (χ3v) is 2.61. The molecule has 0 bridgehead atoms. The lowest BCUT2D eigenvalue weighted by atomic mass is 10.0. The number of nitrogens with zero attached hydrogens (tertiary/aromatic N) is 1. The predicted octanol–water partition coefficient (Wildman–Crippen LogP) is 1.83. The largest absolute Gasteiger partial charge is 0.348 e. The first-order valence-corrected chi connectivity index (χ1v) is 5.81. The van der Waals surface area contributed by atoms with Gasteiger partial charge in [-0.05, 0) is 17.0 Å². The summed E-state index contributed by atoms with van der Waals surface area (Å²) >= 11 is 0. The van der Waals surface area contributed by atoms with Crippen LogP contribution in [0.25, 0.3) is 0 Å². The fourth-order valence-electron chi connectivity index (χ4n) is 1.46. The minimum absolute atomic E-state index is 0.0967. The molecule has 1 aromatic rings. The molecule has 0 aliphatic carbocycles. The van der Waals surface area contributed by atoms with Gasteiger partial charge in [-0.15, -0.1) is 0 Å². The van der Waals surface area contributed by atoms with Crippen molar-refractivity contribution in [3.05, 3.63) is 41.3 Å². The Morgan fingerprint density at radius 2 is 2.00 bits per heavy atom. The first kappa shape index (κ1) is 13.7. The molecule has 3 heteroatoms. The zero-order valence-corrected chi connectivity index (χ0v) is 11.1. The molecule has 1 radical (unpaired) electrons.